The van der Waals surface area contributed by atoms with Crippen molar-refractivity contribution in [3.8, 4) is 0 Å². The van der Waals surface area contributed by atoms with Crippen molar-refractivity contribution in [3.63, 3.8) is 0 Å². The zero-order valence-corrected chi connectivity index (χ0v) is 12.5. The standard InChI is InChI=1S/C12H15BrClN3O/c1-2-11-12(18)15-3-4-17(11)7-10-9(14)5-8(13)6-16-10/h5-6,11H,2-4,7H2,1H3,(H,15,18). The van der Waals surface area contributed by atoms with Gasteiger partial charge in [0.25, 0.3) is 0 Å². The van der Waals surface area contributed by atoms with Crippen LogP contribution in [0.4, 0.5) is 0 Å². The minimum absolute atomic E-state index is 0.0831. The number of hydrogen-bond acceptors (Lipinski definition) is 3. The third-order valence-corrected chi connectivity index (χ3v) is 3.83. The Morgan fingerprint density at radius 1 is 1.67 bits per heavy atom. The summed E-state index contributed by atoms with van der Waals surface area (Å²) in [6.45, 7) is 4.14. The molecule has 1 aliphatic rings. The summed E-state index contributed by atoms with van der Waals surface area (Å²) in [5.74, 6) is 0.0944. The topological polar surface area (TPSA) is 45.2 Å². The van der Waals surface area contributed by atoms with Gasteiger partial charge in [0.1, 0.15) is 0 Å². The quantitative estimate of drug-likeness (QED) is 0.923. The van der Waals surface area contributed by atoms with E-state index in [1.807, 2.05) is 13.0 Å². The Morgan fingerprint density at radius 2 is 2.44 bits per heavy atom. The molecular formula is C12H15BrClN3O. The van der Waals surface area contributed by atoms with Crippen molar-refractivity contribution in [2.24, 2.45) is 0 Å². The van der Waals surface area contributed by atoms with Crippen molar-refractivity contribution in [1.82, 2.24) is 15.2 Å². The first-order valence-corrected chi connectivity index (χ1v) is 7.10. The summed E-state index contributed by atoms with van der Waals surface area (Å²) in [5, 5.41) is 3.51. The van der Waals surface area contributed by atoms with Gasteiger partial charge in [0, 0.05) is 30.3 Å². The van der Waals surface area contributed by atoms with E-state index in [0.29, 0.717) is 18.1 Å². The minimum Gasteiger partial charge on any atom is -0.353 e. The Hall–Kier alpha value is -0.650. The van der Waals surface area contributed by atoms with Gasteiger partial charge in [-0.1, -0.05) is 18.5 Å². The van der Waals surface area contributed by atoms with Gasteiger partial charge >= 0.3 is 0 Å². The van der Waals surface area contributed by atoms with Crippen LogP contribution in [0, 0.1) is 0 Å². The molecule has 98 valence electrons. The van der Waals surface area contributed by atoms with Gasteiger partial charge in [-0.15, -0.1) is 0 Å². The Morgan fingerprint density at radius 3 is 3.11 bits per heavy atom. The van der Waals surface area contributed by atoms with E-state index in [9.17, 15) is 4.79 Å². The van der Waals surface area contributed by atoms with Crippen molar-refractivity contribution >= 4 is 33.4 Å². The smallest absolute Gasteiger partial charge is 0.237 e. The largest absolute Gasteiger partial charge is 0.353 e. The monoisotopic (exact) mass is 331 g/mol. The second-order valence-electron chi connectivity index (χ2n) is 4.27. The molecule has 2 heterocycles. The molecule has 1 aliphatic heterocycles. The zero-order valence-electron chi connectivity index (χ0n) is 10.1. The summed E-state index contributed by atoms with van der Waals surface area (Å²) in [4.78, 5) is 18.2. The van der Waals surface area contributed by atoms with Crippen molar-refractivity contribution in [1.29, 1.82) is 0 Å². The number of aromatic nitrogens is 1. The maximum atomic E-state index is 11.8. The first-order valence-electron chi connectivity index (χ1n) is 5.93. The maximum Gasteiger partial charge on any atom is 0.237 e. The number of halogens is 2. The number of nitrogens with one attached hydrogen (secondary N) is 1. The maximum absolute atomic E-state index is 11.8. The molecule has 0 radical (unpaired) electrons. The number of pyridine rings is 1. The van der Waals surface area contributed by atoms with Gasteiger partial charge in [-0.25, -0.2) is 0 Å². The van der Waals surface area contributed by atoms with Gasteiger partial charge < -0.3 is 5.32 Å². The van der Waals surface area contributed by atoms with E-state index in [4.69, 9.17) is 11.6 Å². The van der Waals surface area contributed by atoms with E-state index >= 15 is 0 Å². The lowest BCUT2D eigenvalue weighted by atomic mass is 10.1. The van der Waals surface area contributed by atoms with Gasteiger partial charge in [-0.05, 0) is 28.4 Å². The van der Waals surface area contributed by atoms with Crippen LogP contribution in [0.2, 0.25) is 5.02 Å². The van der Waals surface area contributed by atoms with Crippen molar-refractivity contribution in [2.75, 3.05) is 13.1 Å². The molecule has 0 bridgehead atoms. The van der Waals surface area contributed by atoms with E-state index in [1.165, 1.54) is 0 Å². The average Bonchev–Trinajstić information content (AvgIpc) is 2.33. The number of hydrogen-bond donors (Lipinski definition) is 1. The first kappa shape index (κ1) is 13.8. The Bertz CT molecular complexity index is 455. The molecule has 0 aliphatic carbocycles. The third-order valence-electron chi connectivity index (χ3n) is 3.07. The van der Waals surface area contributed by atoms with Gasteiger partial charge in [-0.3, -0.25) is 14.7 Å². The highest BCUT2D eigenvalue weighted by molar-refractivity contribution is 9.10. The summed E-state index contributed by atoms with van der Waals surface area (Å²) in [6, 6.07) is 1.75. The van der Waals surface area contributed by atoms with Crippen LogP contribution in [-0.2, 0) is 11.3 Å². The molecule has 1 amide bonds. The number of rotatable bonds is 3. The molecule has 1 saturated heterocycles. The van der Waals surface area contributed by atoms with Crippen LogP contribution in [0.1, 0.15) is 19.0 Å². The van der Waals surface area contributed by atoms with Gasteiger partial charge in [0.2, 0.25) is 5.91 Å². The third kappa shape index (κ3) is 3.02. The predicted molar refractivity (Wildman–Crippen MR) is 74.4 cm³/mol. The molecule has 1 aromatic heterocycles. The summed E-state index contributed by atoms with van der Waals surface area (Å²) in [6.07, 6.45) is 2.52. The molecule has 1 N–H and O–H groups in total. The van der Waals surface area contributed by atoms with Crippen molar-refractivity contribution < 1.29 is 4.79 Å². The molecule has 1 unspecified atom stereocenters. The molecular weight excluding hydrogens is 318 g/mol. The molecule has 1 fully saturated rings. The highest BCUT2D eigenvalue weighted by Gasteiger charge is 2.28. The SMILES string of the molecule is CCC1C(=O)NCCN1Cc1ncc(Br)cc1Cl. The predicted octanol–water partition coefficient (Wildman–Crippen LogP) is 2.21. The van der Waals surface area contributed by atoms with Gasteiger partial charge in [-0.2, -0.15) is 0 Å². The second kappa shape index (κ2) is 5.99. The lowest BCUT2D eigenvalue weighted by Gasteiger charge is -2.34. The van der Waals surface area contributed by atoms with E-state index in [0.717, 1.165) is 23.1 Å². The van der Waals surface area contributed by atoms with Crippen LogP contribution in [0.25, 0.3) is 0 Å². The van der Waals surface area contributed by atoms with Gasteiger partial charge in [0.05, 0.1) is 16.8 Å². The number of nitrogens with zero attached hydrogens (tertiary/aromatic N) is 2. The van der Waals surface area contributed by atoms with Crippen LogP contribution >= 0.6 is 27.5 Å². The molecule has 6 heteroatoms. The second-order valence-corrected chi connectivity index (χ2v) is 5.59. The fourth-order valence-electron chi connectivity index (χ4n) is 2.15. The normalized spacial score (nSPS) is 20.8. The fraction of sp³-hybridized carbons (Fsp3) is 0.500. The van der Waals surface area contributed by atoms with E-state index < -0.39 is 0 Å². The van der Waals surface area contributed by atoms with E-state index in [2.05, 4.69) is 31.1 Å². The summed E-state index contributed by atoms with van der Waals surface area (Å²) >= 11 is 9.49. The summed E-state index contributed by atoms with van der Waals surface area (Å²) in [7, 11) is 0. The van der Waals surface area contributed by atoms with Crippen molar-refractivity contribution in [3.05, 3.63) is 27.5 Å². The Balaban J connectivity index is 2.14. The van der Waals surface area contributed by atoms with Crippen LogP contribution < -0.4 is 5.32 Å². The molecule has 18 heavy (non-hydrogen) atoms. The van der Waals surface area contributed by atoms with Crippen LogP contribution in [0.5, 0.6) is 0 Å². The molecule has 1 atom stereocenters. The average molecular weight is 333 g/mol. The number of carbonyl (C=O) groups excluding carboxylic acids is 1. The lowest BCUT2D eigenvalue weighted by molar-refractivity contribution is -0.129. The Kier molecular flexibility index (Phi) is 4.59. The van der Waals surface area contributed by atoms with Gasteiger partial charge in [0.15, 0.2) is 0 Å². The van der Waals surface area contributed by atoms with Crippen LogP contribution in [0.3, 0.4) is 0 Å². The molecule has 0 aromatic carbocycles. The minimum atomic E-state index is -0.0831. The van der Waals surface area contributed by atoms with E-state index in [1.54, 1.807) is 6.20 Å². The number of carbonyl (C=O) groups is 1. The summed E-state index contributed by atoms with van der Waals surface area (Å²) in [5.41, 5.74) is 0.813. The fourth-order valence-corrected chi connectivity index (χ4v) is 2.84. The zero-order chi connectivity index (χ0) is 13.1. The number of piperazine rings is 1. The van der Waals surface area contributed by atoms with Crippen LogP contribution in [-0.4, -0.2) is 34.9 Å². The van der Waals surface area contributed by atoms with Crippen LogP contribution in [0.15, 0.2) is 16.7 Å². The number of amides is 1. The molecule has 0 spiro atoms. The molecule has 2 rings (SSSR count). The Labute approximate surface area is 120 Å². The summed E-state index contributed by atoms with van der Waals surface area (Å²) < 4.78 is 0.861. The highest BCUT2D eigenvalue weighted by Crippen LogP contribution is 2.21. The molecule has 0 saturated carbocycles. The van der Waals surface area contributed by atoms with Crippen molar-refractivity contribution in [2.45, 2.75) is 25.9 Å². The first-order chi connectivity index (χ1) is 8.61. The highest BCUT2D eigenvalue weighted by atomic mass is 79.9. The van der Waals surface area contributed by atoms with E-state index in [-0.39, 0.29) is 11.9 Å². The lowest BCUT2D eigenvalue weighted by Crippen LogP contribution is -2.54. The molecule has 4 nitrogen and oxygen atoms in total. The molecule has 1 aromatic rings.